The van der Waals surface area contributed by atoms with Crippen LogP contribution in [0.2, 0.25) is 0 Å². The van der Waals surface area contributed by atoms with E-state index in [-0.39, 0.29) is 24.6 Å². The van der Waals surface area contributed by atoms with Gasteiger partial charge < -0.3 is 0 Å². The zero-order valence-corrected chi connectivity index (χ0v) is 16.1. The first-order chi connectivity index (χ1) is 14.6. The van der Waals surface area contributed by atoms with Crippen LogP contribution in [0.1, 0.15) is 15.9 Å². The molecular weight excluding hydrogens is 378 g/mol. The summed E-state index contributed by atoms with van der Waals surface area (Å²) in [5.74, 6) is -0.314. The molecule has 0 radical (unpaired) electrons. The van der Waals surface area contributed by atoms with Crippen molar-refractivity contribution in [2.75, 3.05) is 0 Å². The van der Waals surface area contributed by atoms with E-state index < -0.39 is 11.2 Å². The van der Waals surface area contributed by atoms with Crippen LogP contribution in [0.5, 0.6) is 0 Å². The van der Waals surface area contributed by atoms with E-state index in [2.05, 4.69) is 5.10 Å². The average molecular weight is 397 g/mol. The molecule has 0 saturated heterocycles. The van der Waals surface area contributed by atoms with E-state index in [0.717, 1.165) is 10.1 Å². The minimum Gasteiger partial charge on any atom is -0.292 e. The maximum absolute atomic E-state index is 13.1. The lowest BCUT2D eigenvalue weighted by molar-refractivity contribution is 0.0968. The fourth-order valence-corrected chi connectivity index (χ4v) is 3.20. The monoisotopic (exact) mass is 397 g/mol. The molecule has 0 aliphatic heterocycles. The maximum Gasteiger partial charge on any atom is 0.348 e. The first-order valence-electron chi connectivity index (χ1n) is 9.53. The summed E-state index contributed by atoms with van der Waals surface area (Å²) in [6.07, 6.45) is 0. The Morgan fingerprint density at radius 2 is 1.33 bits per heavy atom. The number of rotatable bonds is 6. The van der Waals surface area contributed by atoms with Crippen molar-refractivity contribution in [2.24, 2.45) is 0 Å². The normalized spacial score (nSPS) is 10.7. The first kappa shape index (κ1) is 19.3. The van der Waals surface area contributed by atoms with E-state index in [0.29, 0.717) is 11.1 Å². The van der Waals surface area contributed by atoms with Crippen molar-refractivity contribution in [3.8, 4) is 11.3 Å². The number of nitrogens with zero attached hydrogens (tertiary/aromatic N) is 3. The zero-order chi connectivity index (χ0) is 20.9. The molecule has 0 unspecified atom stereocenters. The molecule has 6 nitrogen and oxygen atoms in total. The van der Waals surface area contributed by atoms with Crippen molar-refractivity contribution < 1.29 is 4.79 Å². The van der Waals surface area contributed by atoms with Crippen LogP contribution >= 0.6 is 0 Å². The van der Waals surface area contributed by atoms with E-state index in [1.165, 1.54) is 4.68 Å². The van der Waals surface area contributed by atoms with Gasteiger partial charge in [0.25, 0.3) is 5.56 Å². The minimum absolute atomic E-state index is 0.131. The lowest BCUT2D eigenvalue weighted by Gasteiger charge is -2.12. The third-order valence-corrected chi connectivity index (χ3v) is 4.74. The number of hydrogen-bond acceptors (Lipinski definition) is 4. The summed E-state index contributed by atoms with van der Waals surface area (Å²) in [5, 5.41) is 4.34. The van der Waals surface area contributed by atoms with Crippen molar-refractivity contribution in [3.05, 3.63) is 123 Å². The Bertz CT molecular complexity index is 1280. The molecule has 6 heteroatoms. The van der Waals surface area contributed by atoms with Crippen LogP contribution in [0, 0.1) is 0 Å². The summed E-state index contributed by atoms with van der Waals surface area (Å²) >= 11 is 0. The van der Waals surface area contributed by atoms with Gasteiger partial charge in [-0.2, -0.15) is 5.10 Å². The number of hydrogen-bond donors (Lipinski definition) is 0. The molecule has 1 heterocycles. The molecule has 1 aromatic heterocycles. The summed E-state index contributed by atoms with van der Waals surface area (Å²) in [7, 11) is 0. The van der Waals surface area contributed by atoms with Crippen LogP contribution in [0.25, 0.3) is 11.3 Å². The summed E-state index contributed by atoms with van der Waals surface area (Å²) in [6, 6.07) is 26.9. The number of carbonyl (C=O) groups is 1. The molecule has 30 heavy (non-hydrogen) atoms. The largest absolute Gasteiger partial charge is 0.348 e. The number of benzene rings is 3. The van der Waals surface area contributed by atoms with Crippen LogP contribution in [0.4, 0.5) is 0 Å². The topological polar surface area (TPSA) is 74.0 Å². The van der Waals surface area contributed by atoms with Gasteiger partial charge in [0.05, 0.1) is 13.1 Å². The highest BCUT2D eigenvalue weighted by Gasteiger charge is 2.18. The molecule has 0 atom stereocenters. The highest BCUT2D eigenvalue weighted by Crippen LogP contribution is 2.11. The summed E-state index contributed by atoms with van der Waals surface area (Å²) in [4.78, 5) is 38.9. The van der Waals surface area contributed by atoms with Gasteiger partial charge in [0, 0.05) is 11.1 Å². The molecule has 0 N–H and O–H groups in total. The van der Waals surface area contributed by atoms with E-state index in [1.807, 2.05) is 36.4 Å². The van der Waals surface area contributed by atoms with E-state index >= 15 is 0 Å². The Labute approximate surface area is 172 Å². The van der Waals surface area contributed by atoms with E-state index in [9.17, 15) is 14.4 Å². The lowest BCUT2D eigenvalue weighted by atomic mass is 10.1. The molecule has 0 aliphatic carbocycles. The van der Waals surface area contributed by atoms with Crippen molar-refractivity contribution >= 4 is 5.78 Å². The molecule has 0 saturated carbocycles. The van der Waals surface area contributed by atoms with Gasteiger partial charge in [0.15, 0.2) is 11.5 Å². The number of aromatic nitrogens is 3. The van der Waals surface area contributed by atoms with Crippen molar-refractivity contribution in [3.63, 3.8) is 0 Å². The number of Topliss-reactive ketones (excluding diaryl/α,β-unsaturated/α-hetero) is 1. The molecule has 4 rings (SSSR count). The molecule has 3 aromatic carbocycles. The molecule has 148 valence electrons. The third kappa shape index (κ3) is 4.03. The Morgan fingerprint density at radius 1 is 0.767 bits per heavy atom. The minimum atomic E-state index is -0.618. The highest BCUT2D eigenvalue weighted by molar-refractivity contribution is 5.95. The van der Waals surface area contributed by atoms with Gasteiger partial charge in [-0.25, -0.2) is 14.0 Å². The predicted octanol–water partition coefficient (Wildman–Crippen LogP) is 3.00. The summed E-state index contributed by atoms with van der Waals surface area (Å²) in [5.41, 5.74) is 0.826. The molecule has 4 aromatic rings. The highest BCUT2D eigenvalue weighted by atomic mass is 16.2. The quantitative estimate of drug-likeness (QED) is 0.469. The average Bonchev–Trinajstić information content (AvgIpc) is 2.80. The van der Waals surface area contributed by atoms with Gasteiger partial charge in [-0.1, -0.05) is 91.0 Å². The van der Waals surface area contributed by atoms with Gasteiger partial charge >= 0.3 is 5.69 Å². The van der Waals surface area contributed by atoms with Crippen molar-refractivity contribution in [1.82, 2.24) is 14.3 Å². The van der Waals surface area contributed by atoms with Gasteiger partial charge in [-0.3, -0.25) is 9.59 Å². The molecule has 0 fully saturated rings. The molecular formula is C24H19N3O3. The van der Waals surface area contributed by atoms with Crippen molar-refractivity contribution in [2.45, 2.75) is 13.1 Å². The van der Waals surface area contributed by atoms with Gasteiger partial charge in [0.2, 0.25) is 0 Å². The standard InChI is InChI=1S/C24H19N3O3/c28-21(19-12-6-2-7-13-19)17-26-23(29)22(20-14-8-3-9-15-20)25-27(24(26)30)16-18-10-4-1-5-11-18/h1-15H,16-17H2. The van der Waals surface area contributed by atoms with Gasteiger partial charge in [-0.05, 0) is 5.56 Å². The smallest absolute Gasteiger partial charge is 0.292 e. The zero-order valence-electron chi connectivity index (χ0n) is 16.1. The second-order valence-electron chi connectivity index (χ2n) is 6.82. The van der Waals surface area contributed by atoms with E-state index in [4.69, 9.17) is 0 Å². The van der Waals surface area contributed by atoms with Crippen LogP contribution in [-0.2, 0) is 13.1 Å². The SMILES string of the molecule is O=C(Cn1c(=O)c(-c2ccccc2)nn(Cc2ccccc2)c1=O)c1ccccc1. The van der Waals surface area contributed by atoms with E-state index in [1.54, 1.807) is 54.6 Å². The second-order valence-corrected chi connectivity index (χ2v) is 6.82. The predicted molar refractivity (Wildman–Crippen MR) is 115 cm³/mol. The first-order valence-corrected chi connectivity index (χ1v) is 9.53. The van der Waals surface area contributed by atoms with Gasteiger partial charge in [-0.15, -0.1) is 0 Å². The fraction of sp³-hybridized carbons (Fsp3) is 0.0833. The molecule has 0 bridgehead atoms. The Hall–Kier alpha value is -4.06. The number of carbonyl (C=O) groups excluding carboxylic acids is 1. The second kappa shape index (κ2) is 8.53. The van der Waals surface area contributed by atoms with Crippen LogP contribution in [0.3, 0.4) is 0 Å². The van der Waals surface area contributed by atoms with Crippen LogP contribution in [0.15, 0.2) is 101 Å². The molecule has 0 aliphatic rings. The van der Waals surface area contributed by atoms with Gasteiger partial charge in [0.1, 0.15) is 0 Å². The number of ketones is 1. The molecule has 0 spiro atoms. The Balaban J connectivity index is 1.83. The fourth-order valence-electron chi connectivity index (χ4n) is 3.20. The van der Waals surface area contributed by atoms with Crippen LogP contribution in [-0.4, -0.2) is 20.1 Å². The lowest BCUT2D eigenvalue weighted by Crippen LogP contribution is -2.44. The summed E-state index contributed by atoms with van der Waals surface area (Å²) < 4.78 is 2.20. The summed E-state index contributed by atoms with van der Waals surface area (Å²) in [6.45, 7) is -0.155. The van der Waals surface area contributed by atoms with Crippen LogP contribution < -0.4 is 11.2 Å². The Morgan fingerprint density at radius 3 is 1.97 bits per heavy atom. The van der Waals surface area contributed by atoms with Crippen molar-refractivity contribution in [1.29, 1.82) is 0 Å². The third-order valence-electron chi connectivity index (χ3n) is 4.74. The maximum atomic E-state index is 13.1. The Kier molecular flexibility index (Phi) is 5.48. The molecule has 0 amide bonds.